The molecule has 1 aliphatic heterocycles. The molecule has 1 aliphatic rings. The van der Waals surface area contributed by atoms with E-state index in [4.69, 9.17) is 0 Å². The zero-order chi connectivity index (χ0) is 5.28. The molecule has 0 aromatic carbocycles. The quantitative estimate of drug-likeness (QED) is 0.346. The van der Waals surface area contributed by atoms with Gasteiger partial charge >= 0.3 is 11.3 Å². The molecule has 1 unspecified atom stereocenters. The Bertz CT molecular complexity index is 132. The Morgan fingerprint density at radius 2 is 2.71 bits per heavy atom. The van der Waals surface area contributed by atoms with Crippen LogP contribution in [0, 0.1) is 0 Å². The van der Waals surface area contributed by atoms with Gasteiger partial charge in [0, 0.05) is 6.92 Å². The number of nitrogens with zero attached hydrogens (tertiary/aromatic N) is 1. The predicted molar refractivity (Wildman–Crippen MR) is 26.8 cm³/mol. The normalized spacial score (nSPS) is 29.3. The molecule has 0 spiro atoms. The van der Waals surface area contributed by atoms with Crippen molar-refractivity contribution in [2.24, 2.45) is 4.40 Å². The van der Waals surface area contributed by atoms with Crippen LogP contribution >= 0.6 is 0 Å². The standard InChI is InChI=1S/C2H4N2O2S/c1-2-3-6-7(5)4-2/h1H3,(H,3,4,5)/p+1. The summed E-state index contributed by atoms with van der Waals surface area (Å²) in [6.07, 6.45) is 0. The van der Waals surface area contributed by atoms with E-state index in [2.05, 4.69) is 14.2 Å². The summed E-state index contributed by atoms with van der Waals surface area (Å²) in [7, 11) is 0. The van der Waals surface area contributed by atoms with Crippen LogP contribution in [0.2, 0.25) is 0 Å². The lowest BCUT2D eigenvalue weighted by atomic mass is 10.7. The van der Waals surface area contributed by atoms with E-state index in [9.17, 15) is 4.21 Å². The maximum Gasteiger partial charge on any atom is 0.354 e. The molecule has 7 heavy (non-hydrogen) atoms. The van der Waals surface area contributed by atoms with Gasteiger partial charge in [0.05, 0.1) is 0 Å². The van der Waals surface area contributed by atoms with Crippen molar-refractivity contribution < 1.29 is 8.49 Å². The van der Waals surface area contributed by atoms with Gasteiger partial charge in [-0.25, -0.2) is 0 Å². The molecule has 1 heterocycles. The number of nitrogens with one attached hydrogen (secondary N) is 1. The summed E-state index contributed by atoms with van der Waals surface area (Å²) in [5, 5.41) is 0. The summed E-state index contributed by atoms with van der Waals surface area (Å²) in [5.74, 6) is 0.570. The molecule has 1 atom stereocenters. The molecule has 0 saturated carbocycles. The van der Waals surface area contributed by atoms with Crippen molar-refractivity contribution in [3.05, 3.63) is 0 Å². The van der Waals surface area contributed by atoms with Gasteiger partial charge in [0.25, 0.3) is 0 Å². The first kappa shape index (κ1) is 4.73. The molecule has 0 bridgehead atoms. The van der Waals surface area contributed by atoms with Crippen LogP contribution in [-0.2, 0) is 19.8 Å². The van der Waals surface area contributed by atoms with Crippen molar-refractivity contribution in [1.29, 1.82) is 0 Å². The highest BCUT2D eigenvalue weighted by Gasteiger charge is 2.13. The topological polar surface area (TPSA) is 50.7 Å². The Hall–Kier alpha value is -0.420. The van der Waals surface area contributed by atoms with Crippen LogP contribution in [0.3, 0.4) is 0 Å². The molecule has 1 rings (SSSR count). The fourth-order valence-corrected chi connectivity index (χ4v) is 0.805. The first-order valence-electron chi connectivity index (χ1n) is 1.74. The number of hydrogen-bond donors (Lipinski definition) is 1. The van der Waals surface area contributed by atoms with Gasteiger partial charge in [0.15, 0.2) is 5.84 Å². The number of rotatable bonds is 0. The smallest absolute Gasteiger partial charge is 0.197 e. The fourth-order valence-electron chi connectivity index (χ4n) is 0.268. The van der Waals surface area contributed by atoms with Crippen molar-refractivity contribution in [2.75, 3.05) is 0 Å². The summed E-state index contributed by atoms with van der Waals surface area (Å²) in [6, 6.07) is 0. The highest BCUT2D eigenvalue weighted by molar-refractivity contribution is 7.79. The first-order valence-corrected chi connectivity index (χ1v) is 2.87. The summed E-state index contributed by atoms with van der Waals surface area (Å²) < 4.78 is 17.9. The fraction of sp³-hybridized carbons (Fsp3) is 0.500. The molecule has 0 amide bonds. The Labute approximate surface area is 43.3 Å². The van der Waals surface area contributed by atoms with E-state index in [1.54, 1.807) is 6.92 Å². The second-order valence-corrected chi connectivity index (χ2v) is 1.97. The summed E-state index contributed by atoms with van der Waals surface area (Å²) in [6.45, 7) is 1.68. The lowest BCUT2D eigenvalue weighted by molar-refractivity contribution is 0.299. The van der Waals surface area contributed by atoms with Gasteiger partial charge < -0.3 is 0 Å². The van der Waals surface area contributed by atoms with Gasteiger partial charge in [-0.15, -0.1) is 0 Å². The summed E-state index contributed by atoms with van der Waals surface area (Å²) in [5.41, 5.74) is 2.34. The van der Waals surface area contributed by atoms with Crippen molar-refractivity contribution in [3.8, 4) is 0 Å². The zero-order valence-corrected chi connectivity index (χ0v) is 4.61. The van der Waals surface area contributed by atoms with Crippen molar-refractivity contribution in [2.45, 2.75) is 6.92 Å². The van der Waals surface area contributed by atoms with E-state index in [1.807, 2.05) is 0 Å². The Morgan fingerprint density at radius 1 is 2.00 bits per heavy atom. The number of hydrogen-bond acceptors (Lipinski definition) is 3. The maximum atomic E-state index is 10.1. The molecule has 0 aromatic heterocycles. The van der Waals surface area contributed by atoms with Crippen molar-refractivity contribution in [1.82, 2.24) is 5.48 Å². The van der Waals surface area contributed by atoms with Gasteiger partial charge in [-0.2, -0.15) is 5.48 Å². The van der Waals surface area contributed by atoms with Crippen LogP contribution in [0.25, 0.3) is 0 Å². The number of hydroxylamine groups is 1. The summed E-state index contributed by atoms with van der Waals surface area (Å²) in [4.78, 5) is 0. The minimum Gasteiger partial charge on any atom is -0.197 e. The molecule has 0 saturated heterocycles. The molecule has 5 heteroatoms. The van der Waals surface area contributed by atoms with Crippen LogP contribution in [-0.4, -0.2) is 5.84 Å². The molecule has 0 radical (unpaired) electrons. The molecular weight excluding hydrogens is 116 g/mol. The lowest BCUT2D eigenvalue weighted by Gasteiger charge is -1.76. The minimum absolute atomic E-state index is 0.570. The van der Waals surface area contributed by atoms with Gasteiger partial charge in [-0.05, 0) is 12.9 Å². The second kappa shape index (κ2) is 1.59. The monoisotopic (exact) mass is 121 g/mol. The SMILES string of the molecule is CC1=N[SH+](=O)ON1. The van der Waals surface area contributed by atoms with E-state index in [0.29, 0.717) is 5.84 Å². The van der Waals surface area contributed by atoms with E-state index < -0.39 is 11.3 Å². The average Bonchev–Trinajstić information content (AvgIpc) is 1.87. The number of thiol groups is 1. The molecule has 40 valence electrons. The van der Waals surface area contributed by atoms with Gasteiger partial charge in [-0.1, -0.05) is 0 Å². The van der Waals surface area contributed by atoms with Crippen LogP contribution in [0.1, 0.15) is 6.92 Å². The van der Waals surface area contributed by atoms with Crippen molar-refractivity contribution in [3.63, 3.8) is 0 Å². The maximum absolute atomic E-state index is 10.1. The zero-order valence-electron chi connectivity index (χ0n) is 3.71. The molecular formula is C2H5N2O2S+. The third kappa shape index (κ3) is 0.971. The van der Waals surface area contributed by atoms with Crippen molar-refractivity contribution >= 4 is 17.1 Å². The molecule has 0 aromatic rings. The van der Waals surface area contributed by atoms with E-state index in [1.165, 1.54) is 0 Å². The Balaban J connectivity index is 2.67. The predicted octanol–water partition coefficient (Wildman–Crippen LogP) is -0.534. The highest BCUT2D eigenvalue weighted by Crippen LogP contribution is 1.92. The van der Waals surface area contributed by atoms with E-state index in [0.717, 1.165) is 0 Å². The summed E-state index contributed by atoms with van der Waals surface area (Å²) >= 11 is -1.78. The first-order chi connectivity index (χ1) is 3.29. The third-order valence-electron chi connectivity index (χ3n) is 0.503. The molecule has 4 nitrogen and oxygen atoms in total. The van der Waals surface area contributed by atoms with Gasteiger partial charge in [0.2, 0.25) is 0 Å². The largest absolute Gasteiger partial charge is 0.354 e. The average molecular weight is 121 g/mol. The van der Waals surface area contributed by atoms with Gasteiger partial charge in [0.1, 0.15) is 0 Å². The second-order valence-electron chi connectivity index (χ2n) is 1.12. The van der Waals surface area contributed by atoms with Crippen LogP contribution in [0.15, 0.2) is 4.40 Å². The Kier molecular flexibility index (Phi) is 1.07. The van der Waals surface area contributed by atoms with E-state index in [-0.39, 0.29) is 0 Å². The molecule has 1 N–H and O–H groups in total. The minimum atomic E-state index is -1.78. The molecule has 0 fully saturated rings. The molecule has 0 aliphatic carbocycles. The third-order valence-corrected chi connectivity index (χ3v) is 1.21. The van der Waals surface area contributed by atoms with Gasteiger partial charge in [-0.3, -0.25) is 0 Å². The number of amidine groups is 1. The van der Waals surface area contributed by atoms with Crippen LogP contribution in [0.4, 0.5) is 0 Å². The van der Waals surface area contributed by atoms with E-state index >= 15 is 0 Å². The Morgan fingerprint density at radius 3 is 2.86 bits per heavy atom. The van der Waals surface area contributed by atoms with Crippen LogP contribution < -0.4 is 5.48 Å². The van der Waals surface area contributed by atoms with Crippen LogP contribution in [0.5, 0.6) is 0 Å². The lowest BCUT2D eigenvalue weighted by Crippen LogP contribution is -2.11. The highest BCUT2D eigenvalue weighted by atomic mass is 32.2.